The molecule has 0 N–H and O–H groups in total. The molecule has 0 aliphatic carbocycles. The van der Waals surface area contributed by atoms with Crippen LogP contribution in [0.5, 0.6) is 0 Å². The maximum absolute atomic E-state index is 12.8. The monoisotopic (exact) mass is 413 g/mol. The third-order valence-electron chi connectivity index (χ3n) is 4.91. The zero-order valence-electron chi connectivity index (χ0n) is 16.3. The molecule has 1 amide bonds. The number of para-hydroxylation sites is 1. The van der Waals surface area contributed by atoms with E-state index in [9.17, 15) is 4.79 Å². The molecule has 1 heterocycles. The molecule has 1 fully saturated rings. The van der Waals surface area contributed by atoms with Gasteiger partial charge in [-0.1, -0.05) is 45.4 Å². The Bertz CT molecular complexity index is 559. The van der Waals surface area contributed by atoms with Crippen LogP contribution in [-0.4, -0.2) is 33.9 Å². The van der Waals surface area contributed by atoms with Crippen LogP contribution in [-0.2, 0) is 17.6 Å². The Morgan fingerprint density at radius 2 is 1.92 bits per heavy atom. The highest BCUT2D eigenvalue weighted by molar-refractivity contribution is 8.17. The zero-order valence-corrected chi connectivity index (χ0v) is 18.7. The van der Waals surface area contributed by atoms with E-state index in [4.69, 9.17) is 11.6 Å². The molecular weight excluding hydrogens is 382 g/mol. The van der Waals surface area contributed by atoms with Crippen molar-refractivity contribution in [2.45, 2.75) is 69.1 Å². The molecule has 2 nitrogen and oxygen atoms in total. The second kappa shape index (κ2) is 11.5. The number of aryl methyl sites for hydroxylation is 2. The molecule has 0 aromatic heterocycles. The highest BCUT2D eigenvalue weighted by Crippen LogP contribution is 2.38. The molecule has 1 aromatic rings. The van der Waals surface area contributed by atoms with E-state index in [0.29, 0.717) is 4.58 Å². The largest absolute Gasteiger partial charge is 0.309 e. The van der Waals surface area contributed by atoms with E-state index in [-0.39, 0.29) is 11.8 Å². The van der Waals surface area contributed by atoms with Crippen molar-refractivity contribution in [3.05, 3.63) is 29.3 Å². The van der Waals surface area contributed by atoms with E-state index in [0.717, 1.165) is 30.3 Å². The lowest BCUT2D eigenvalue weighted by Crippen LogP contribution is -2.38. The van der Waals surface area contributed by atoms with Gasteiger partial charge >= 0.3 is 0 Å². The van der Waals surface area contributed by atoms with Gasteiger partial charge in [0.15, 0.2) is 0 Å². The van der Waals surface area contributed by atoms with E-state index in [1.54, 1.807) is 0 Å². The minimum atomic E-state index is 0.0276. The molecule has 5 heteroatoms. The molecule has 1 saturated heterocycles. The summed E-state index contributed by atoms with van der Waals surface area (Å²) in [7, 11) is 0. The summed E-state index contributed by atoms with van der Waals surface area (Å²) in [6, 6.07) is 6.41. The summed E-state index contributed by atoms with van der Waals surface area (Å²) >= 11 is 10.1. The number of halogens is 1. The van der Waals surface area contributed by atoms with Crippen LogP contribution in [0.15, 0.2) is 18.2 Å². The molecular formula is C21H32ClNOS2. The summed E-state index contributed by atoms with van der Waals surface area (Å²) in [4.78, 5) is 14.8. The Kier molecular flexibility index (Phi) is 9.73. The predicted octanol–water partition coefficient (Wildman–Crippen LogP) is 6.14. The molecule has 1 aliphatic heterocycles. The number of amides is 1. The lowest BCUT2D eigenvalue weighted by Gasteiger charge is -2.31. The van der Waals surface area contributed by atoms with Crippen molar-refractivity contribution in [3.8, 4) is 0 Å². The van der Waals surface area contributed by atoms with Gasteiger partial charge in [-0.25, -0.2) is 0 Å². The fourth-order valence-electron chi connectivity index (χ4n) is 3.58. The third kappa shape index (κ3) is 5.84. The molecule has 2 rings (SSSR count). The first kappa shape index (κ1) is 22.0. The number of benzene rings is 1. The van der Waals surface area contributed by atoms with E-state index >= 15 is 0 Å². The summed E-state index contributed by atoms with van der Waals surface area (Å²) in [5.74, 6) is 1.26. The van der Waals surface area contributed by atoms with E-state index < -0.39 is 0 Å². The molecule has 26 heavy (non-hydrogen) atoms. The average Bonchev–Trinajstić information content (AvgIpc) is 2.90. The van der Waals surface area contributed by atoms with Crippen molar-refractivity contribution in [3.63, 3.8) is 0 Å². The van der Waals surface area contributed by atoms with Gasteiger partial charge < -0.3 is 4.90 Å². The number of hydrogen-bond acceptors (Lipinski definition) is 3. The smallest absolute Gasteiger partial charge is 0.241 e. The number of nitrogens with zero attached hydrogens (tertiary/aromatic N) is 1. The number of anilines is 1. The first-order valence-electron chi connectivity index (χ1n) is 9.88. The minimum Gasteiger partial charge on any atom is -0.309 e. The normalized spacial score (nSPS) is 20.6. The van der Waals surface area contributed by atoms with Gasteiger partial charge in [-0.15, -0.1) is 35.1 Å². The topological polar surface area (TPSA) is 20.3 Å². The number of carbonyl (C=O) groups excluding carboxylic acids is 1. The number of carbonyl (C=O) groups is 1. The molecule has 0 spiro atoms. The van der Waals surface area contributed by atoms with Crippen molar-refractivity contribution in [1.29, 1.82) is 0 Å². The molecule has 0 radical (unpaired) electrons. The van der Waals surface area contributed by atoms with Crippen LogP contribution in [0.4, 0.5) is 5.69 Å². The number of rotatable bonds is 8. The van der Waals surface area contributed by atoms with Crippen LogP contribution < -0.4 is 4.90 Å². The maximum Gasteiger partial charge on any atom is 0.241 e. The van der Waals surface area contributed by atoms with E-state index in [1.807, 2.05) is 16.7 Å². The summed E-state index contributed by atoms with van der Waals surface area (Å²) in [6.45, 7) is 7.34. The van der Waals surface area contributed by atoms with Gasteiger partial charge in [0, 0.05) is 11.8 Å². The predicted molar refractivity (Wildman–Crippen MR) is 120 cm³/mol. The van der Waals surface area contributed by atoms with Crippen LogP contribution >= 0.6 is 35.1 Å². The molecule has 1 aliphatic rings. The molecule has 0 saturated carbocycles. The van der Waals surface area contributed by atoms with Gasteiger partial charge in [-0.05, 0) is 49.0 Å². The highest BCUT2D eigenvalue weighted by atomic mass is 35.5. The fraction of sp³-hybridized carbons (Fsp3) is 0.667. The average molecular weight is 414 g/mol. The first-order chi connectivity index (χ1) is 12.6. The second-order valence-electron chi connectivity index (χ2n) is 6.76. The Balaban J connectivity index is 2.29. The second-order valence-corrected chi connectivity index (χ2v) is 10.1. The van der Waals surface area contributed by atoms with Crippen molar-refractivity contribution >= 4 is 46.7 Å². The van der Waals surface area contributed by atoms with Crippen LogP contribution in [0, 0.1) is 0 Å². The molecule has 2 atom stereocenters. The van der Waals surface area contributed by atoms with Crippen molar-refractivity contribution in [2.24, 2.45) is 0 Å². The quantitative estimate of drug-likeness (QED) is 0.477. The van der Waals surface area contributed by atoms with E-state index in [1.165, 1.54) is 42.6 Å². The lowest BCUT2D eigenvalue weighted by molar-refractivity contribution is -0.116. The molecule has 0 bridgehead atoms. The Hall–Kier alpha value is -0.320. The van der Waals surface area contributed by atoms with Crippen LogP contribution in [0.25, 0.3) is 0 Å². The van der Waals surface area contributed by atoms with E-state index in [2.05, 4.69) is 50.7 Å². The Morgan fingerprint density at radius 3 is 2.50 bits per heavy atom. The van der Waals surface area contributed by atoms with Gasteiger partial charge in [-0.2, -0.15) is 0 Å². The minimum absolute atomic E-state index is 0.0276. The van der Waals surface area contributed by atoms with Crippen molar-refractivity contribution in [1.82, 2.24) is 0 Å². The van der Waals surface area contributed by atoms with Crippen molar-refractivity contribution < 1.29 is 4.79 Å². The standard InChI is InChI=1S/C21H32ClNOS2/c1-4-9-18-12-8-13-25-20(26-18)15-23(19(24)14-22)21-16(5-2)10-7-11-17(21)6-3/h7,10-11,18,20H,4-6,8-9,12-15H2,1-3H3. The van der Waals surface area contributed by atoms with Crippen LogP contribution in [0.3, 0.4) is 0 Å². The Labute approximate surface area is 172 Å². The van der Waals surface area contributed by atoms with Crippen LogP contribution in [0.1, 0.15) is 57.6 Å². The Morgan fingerprint density at radius 1 is 1.23 bits per heavy atom. The van der Waals surface area contributed by atoms with Gasteiger partial charge in [0.25, 0.3) is 0 Å². The lowest BCUT2D eigenvalue weighted by atomic mass is 10.0. The number of hydrogen-bond donors (Lipinski definition) is 0. The third-order valence-corrected chi connectivity index (χ3v) is 8.24. The summed E-state index contributed by atoms with van der Waals surface area (Å²) in [5, 5.41) is 0.722. The highest BCUT2D eigenvalue weighted by Gasteiger charge is 2.27. The zero-order chi connectivity index (χ0) is 18.9. The summed E-state index contributed by atoms with van der Waals surface area (Å²) in [6.07, 6.45) is 6.96. The maximum atomic E-state index is 12.8. The first-order valence-corrected chi connectivity index (χ1v) is 12.4. The number of alkyl halides is 1. The van der Waals surface area contributed by atoms with Crippen LogP contribution in [0.2, 0.25) is 0 Å². The van der Waals surface area contributed by atoms with Gasteiger partial charge in [-0.3, -0.25) is 4.79 Å². The summed E-state index contributed by atoms with van der Waals surface area (Å²) < 4.78 is 0.427. The molecule has 146 valence electrons. The summed E-state index contributed by atoms with van der Waals surface area (Å²) in [5.41, 5.74) is 3.61. The molecule has 1 aromatic carbocycles. The van der Waals surface area contributed by atoms with Gasteiger partial charge in [0.1, 0.15) is 5.88 Å². The van der Waals surface area contributed by atoms with Gasteiger partial charge in [0.05, 0.1) is 10.3 Å². The van der Waals surface area contributed by atoms with Gasteiger partial charge in [0.2, 0.25) is 5.91 Å². The SMILES string of the molecule is CCCC1CCCSC(CN(C(=O)CCl)c2c(CC)cccc2CC)S1. The molecule has 2 unspecified atom stereocenters. The fourth-order valence-corrected chi connectivity index (χ4v) is 6.99. The van der Waals surface area contributed by atoms with Crippen molar-refractivity contribution in [2.75, 3.05) is 23.1 Å². The number of thioether (sulfide) groups is 2.